The predicted octanol–water partition coefficient (Wildman–Crippen LogP) is 2.23. The van der Waals surface area contributed by atoms with E-state index in [1.54, 1.807) is 0 Å². The van der Waals surface area contributed by atoms with Gasteiger partial charge in [0.05, 0.1) is 23.7 Å². The Hall–Kier alpha value is -1.39. The lowest BCUT2D eigenvalue weighted by atomic mass is 10.2. The molecule has 1 atom stereocenters. The third-order valence-electron chi connectivity index (χ3n) is 3.83. The number of benzene rings is 1. The van der Waals surface area contributed by atoms with Crippen LogP contribution < -0.4 is 5.32 Å². The van der Waals surface area contributed by atoms with Gasteiger partial charge < -0.3 is 14.6 Å². The van der Waals surface area contributed by atoms with Crippen molar-refractivity contribution in [1.29, 1.82) is 0 Å². The second-order valence-corrected chi connectivity index (χ2v) is 5.18. The normalized spacial score (nSPS) is 19.3. The van der Waals surface area contributed by atoms with Crippen molar-refractivity contribution in [2.75, 3.05) is 13.2 Å². The smallest absolute Gasteiger partial charge is 0.123 e. The van der Waals surface area contributed by atoms with Gasteiger partial charge in [-0.3, -0.25) is 0 Å². The lowest BCUT2D eigenvalue weighted by molar-refractivity contribution is 0.104. The summed E-state index contributed by atoms with van der Waals surface area (Å²) in [7, 11) is 2.08. The molecule has 1 aliphatic rings. The summed E-state index contributed by atoms with van der Waals surface area (Å²) in [5.74, 6) is 1.09. The molecule has 0 amide bonds. The molecule has 0 radical (unpaired) electrons. The van der Waals surface area contributed by atoms with Crippen LogP contribution in [0.15, 0.2) is 24.3 Å². The van der Waals surface area contributed by atoms with Crippen LogP contribution >= 0.6 is 0 Å². The first kappa shape index (κ1) is 12.6. The van der Waals surface area contributed by atoms with Gasteiger partial charge in [0.2, 0.25) is 0 Å². The van der Waals surface area contributed by atoms with Gasteiger partial charge in [0.25, 0.3) is 0 Å². The van der Waals surface area contributed by atoms with Gasteiger partial charge in [-0.05, 0) is 37.9 Å². The fourth-order valence-corrected chi connectivity index (χ4v) is 2.69. The molecule has 0 saturated carbocycles. The molecule has 19 heavy (non-hydrogen) atoms. The number of nitrogens with one attached hydrogen (secondary N) is 1. The summed E-state index contributed by atoms with van der Waals surface area (Å²) in [6.07, 6.45) is 4.00. The topological polar surface area (TPSA) is 39.1 Å². The highest BCUT2D eigenvalue weighted by molar-refractivity contribution is 5.75. The molecule has 1 saturated heterocycles. The van der Waals surface area contributed by atoms with E-state index in [2.05, 4.69) is 40.1 Å². The Morgan fingerprint density at radius 1 is 1.42 bits per heavy atom. The number of rotatable bonds is 5. The Morgan fingerprint density at radius 2 is 2.32 bits per heavy atom. The third-order valence-corrected chi connectivity index (χ3v) is 3.83. The van der Waals surface area contributed by atoms with Crippen LogP contribution in [-0.4, -0.2) is 28.8 Å². The number of para-hydroxylation sites is 2. The number of hydrogen-bond donors (Lipinski definition) is 1. The van der Waals surface area contributed by atoms with Gasteiger partial charge in [0.1, 0.15) is 5.82 Å². The van der Waals surface area contributed by atoms with E-state index in [-0.39, 0.29) is 0 Å². The largest absolute Gasteiger partial charge is 0.378 e. The number of aromatic nitrogens is 2. The molecule has 1 fully saturated rings. The summed E-state index contributed by atoms with van der Waals surface area (Å²) in [5.41, 5.74) is 2.26. The summed E-state index contributed by atoms with van der Waals surface area (Å²) in [4.78, 5) is 4.65. The number of aryl methyl sites for hydroxylation is 1. The van der Waals surface area contributed by atoms with Crippen LogP contribution in [0.5, 0.6) is 0 Å². The molecule has 1 aromatic carbocycles. The molecule has 102 valence electrons. The molecule has 1 aromatic heterocycles. The molecular formula is C15H21N3O. The first-order valence-corrected chi connectivity index (χ1v) is 7.07. The van der Waals surface area contributed by atoms with E-state index in [1.807, 2.05) is 6.07 Å². The highest BCUT2D eigenvalue weighted by atomic mass is 16.5. The Bertz CT molecular complexity index is 543. The summed E-state index contributed by atoms with van der Waals surface area (Å²) in [6, 6.07) is 8.26. The highest BCUT2D eigenvalue weighted by Crippen LogP contribution is 2.15. The van der Waals surface area contributed by atoms with E-state index in [1.165, 1.54) is 18.4 Å². The maximum Gasteiger partial charge on any atom is 0.123 e. The quantitative estimate of drug-likeness (QED) is 0.837. The zero-order chi connectivity index (χ0) is 13.1. The Balaban J connectivity index is 1.54. The fraction of sp³-hybridized carbons (Fsp3) is 0.533. The Labute approximate surface area is 113 Å². The van der Waals surface area contributed by atoms with Gasteiger partial charge in [-0.25, -0.2) is 4.98 Å². The maximum absolute atomic E-state index is 5.62. The van der Waals surface area contributed by atoms with Crippen molar-refractivity contribution in [2.45, 2.75) is 31.9 Å². The van der Waals surface area contributed by atoms with Gasteiger partial charge in [0, 0.05) is 13.7 Å². The zero-order valence-electron chi connectivity index (χ0n) is 11.4. The molecule has 0 bridgehead atoms. The molecule has 3 rings (SSSR count). The highest BCUT2D eigenvalue weighted by Gasteiger charge is 2.14. The van der Waals surface area contributed by atoms with Crippen LogP contribution in [0.1, 0.15) is 25.1 Å². The van der Waals surface area contributed by atoms with E-state index in [4.69, 9.17) is 4.74 Å². The van der Waals surface area contributed by atoms with Crippen LogP contribution in [-0.2, 0) is 18.3 Å². The summed E-state index contributed by atoms with van der Waals surface area (Å²) in [5, 5.41) is 3.47. The van der Waals surface area contributed by atoms with Crippen LogP contribution in [0.4, 0.5) is 0 Å². The van der Waals surface area contributed by atoms with E-state index in [0.717, 1.165) is 37.5 Å². The van der Waals surface area contributed by atoms with Crippen molar-refractivity contribution in [3.05, 3.63) is 30.1 Å². The van der Waals surface area contributed by atoms with Crippen molar-refractivity contribution in [2.24, 2.45) is 7.05 Å². The first-order valence-electron chi connectivity index (χ1n) is 7.07. The van der Waals surface area contributed by atoms with Gasteiger partial charge in [-0.15, -0.1) is 0 Å². The second kappa shape index (κ2) is 5.72. The standard InChI is InChI=1S/C15H21N3O/c1-18-14-7-3-2-6-13(14)17-15(18)11-16-9-8-12-5-4-10-19-12/h2-3,6-7,12,16H,4-5,8-11H2,1H3/t12-/m1/s1. The molecule has 0 aliphatic carbocycles. The Morgan fingerprint density at radius 3 is 3.11 bits per heavy atom. The van der Waals surface area contributed by atoms with Crippen LogP contribution in [0.3, 0.4) is 0 Å². The second-order valence-electron chi connectivity index (χ2n) is 5.18. The zero-order valence-corrected chi connectivity index (χ0v) is 11.4. The van der Waals surface area contributed by atoms with Gasteiger partial charge >= 0.3 is 0 Å². The number of imidazole rings is 1. The van der Waals surface area contributed by atoms with E-state index in [9.17, 15) is 0 Å². The van der Waals surface area contributed by atoms with E-state index < -0.39 is 0 Å². The monoisotopic (exact) mass is 259 g/mol. The van der Waals surface area contributed by atoms with Crippen LogP contribution in [0.2, 0.25) is 0 Å². The molecule has 0 unspecified atom stereocenters. The van der Waals surface area contributed by atoms with Gasteiger partial charge in [-0.2, -0.15) is 0 Å². The molecule has 4 nitrogen and oxygen atoms in total. The Kier molecular flexibility index (Phi) is 3.80. The van der Waals surface area contributed by atoms with E-state index in [0.29, 0.717) is 6.10 Å². The van der Waals surface area contributed by atoms with Crippen molar-refractivity contribution in [1.82, 2.24) is 14.9 Å². The molecule has 0 spiro atoms. The minimum atomic E-state index is 0.466. The van der Waals surface area contributed by atoms with Crippen molar-refractivity contribution >= 4 is 11.0 Å². The molecule has 2 aromatic rings. The fourth-order valence-electron chi connectivity index (χ4n) is 2.69. The van der Waals surface area contributed by atoms with Gasteiger partial charge in [0.15, 0.2) is 0 Å². The van der Waals surface area contributed by atoms with Crippen molar-refractivity contribution in [3.8, 4) is 0 Å². The van der Waals surface area contributed by atoms with Crippen molar-refractivity contribution in [3.63, 3.8) is 0 Å². The molecule has 2 heterocycles. The maximum atomic E-state index is 5.62. The van der Waals surface area contributed by atoms with E-state index >= 15 is 0 Å². The number of fused-ring (bicyclic) bond motifs is 1. The third kappa shape index (κ3) is 2.80. The molecule has 1 aliphatic heterocycles. The number of ether oxygens (including phenoxy) is 1. The molecule has 4 heteroatoms. The van der Waals surface area contributed by atoms with Gasteiger partial charge in [-0.1, -0.05) is 12.1 Å². The van der Waals surface area contributed by atoms with Crippen LogP contribution in [0.25, 0.3) is 11.0 Å². The first-order chi connectivity index (χ1) is 9.34. The minimum Gasteiger partial charge on any atom is -0.378 e. The minimum absolute atomic E-state index is 0.466. The average Bonchev–Trinajstić information content (AvgIpc) is 3.04. The average molecular weight is 259 g/mol. The predicted molar refractivity (Wildman–Crippen MR) is 76.0 cm³/mol. The lowest BCUT2D eigenvalue weighted by Crippen LogP contribution is -2.21. The summed E-state index contributed by atoms with van der Waals surface area (Å²) in [6.45, 7) is 2.75. The lowest BCUT2D eigenvalue weighted by Gasteiger charge is -2.09. The number of nitrogens with zero attached hydrogens (tertiary/aromatic N) is 2. The molecular weight excluding hydrogens is 238 g/mol. The molecule has 1 N–H and O–H groups in total. The van der Waals surface area contributed by atoms with Crippen molar-refractivity contribution < 1.29 is 4.74 Å². The number of hydrogen-bond acceptors (Lipinski definition) is 3. The SMILES string of the molecule is Cn1c(CNCC[C@H]2CCCO2)nc2ccccc21. The summed E-state index contributed by atoms with van der Waals surface area (Å²) >= 11 is 0. The van der Waals surface area contributed by atoms with Crippen LogP contribution in [0, 0.1) is 0 Å². The summed E-state index contributed by atoms with van der Waals surface area (Å²) < 4.78 is 7.78.